The van der Waals surface area contributed by atoms with E-state index >= 15 is 0 Å². The number of hydrogen-bond acceptors (Lipinski definition) is 3. The molecule has 0 spiro atoms. The molecule has 0 atom stereocenters. The standard InChI is InChI=1S/C23H28ClN5O2/c1-25-23(27-11-10-26-22(31)19-7-3-2-4-8-19)29-14-12-28(13-15-29)21(30)17-18-6-5-9-20(24)16-18/h2-9,16H,10-15,17H2,1H3,(H,25,27)(H,26,31). The fourth-order valence-electron chi connectivity index (χ4n) is 3.48. The minimum atomic E-state index is -0.0933. The molecule has 0 aliphatic carbocycles. The number of carbonyl (C=O) groups is 2. The molecule has 1 heterocycles. The second kappa shape index (κ2) is 11.4. The van der Waals surface area contributed by atoms with Crippen LogP contribution in [-0.4, -0.2) is 73.9 Å². The first-order chi connectivity index (χ1) is 15.1. The van der Waals surface area contributed by atoms with Gasteiger partial charge in [0.1, 0.15) is 0 Å². The van der Waals surface area contributed by atoms with E-state index in [0.29, 0.717) is 56.3 Å². The van der Waals surface area contributed by atoms with Crippen molar-refractivity contribution in [3.8, 4) is 0 Å². The van der Waals surface area contributed by atoms with Crippen LogP contribution in [0.4, 0.5) is 0 Å². The zero-order valence-corrected chi connectivity index (χ0v) is 18.4. The summed E-state index contributed by atoms with van der Waals surface area (Å²) in [6, 6.07) is 16.6. The van der Waals surface area contributed by atoms with Gasteiger partial charge in [-0.2, -0.15) is 0 Å². The number of rotatable bonds is 6. The second-order valence-corrected chi connectivity index (χ2v) is 7.71. The molecule has 2 aromatic carbocycles. The maximum absolute atomic E-state index is 12.6. The average Bonchev–Trinajstić information content (AvgIpc) is 2.80. The zero-order chi connectivity index (χ0) is 22.1. The van der Waals surface area contributed by atoms with Crippen LogP contribution in [0.5, 0.6) is 0 Å². The highest BCUT2D eigenvalue weighted by Gasteiger charge is 2.23. The van der Waals surface area contributed by atoms with Crippen molar-refractivity contribution in [2.75, 3.05) is 46.3 Å². The predicted molar refractivity (Wildman–Crippen MR) is 123 cm³/mol. The highest BCUT2D eigenvalue weighted by molar-refractivity contribution is 6.30. The molecule has 31 heavy (non-hydrogen) atoms. The first-order valence-corrected chi connectivity index (χ1v) is 10.8. The van der Waals surface area contributed by atoms with Crippen LogP contribution in [0.15, 0.2) is 59.6 Å². The number of halogens is 1. The molecule has 0 radical (unpaired) electrons. The van der Waals surface area contributed by atoms with Crippen LogP contribution in [0.25, 0.3) is 0 Å². The van der Waals surface area contributed by atoms with Gasteiger partial charge in [-0.25, -0.2) is 0 Å². The Kier molecular flexibility index (Phi) is 8.29. The van der Waals surface area contributed by atoms with Gasteiger partial charge in [0, 0.05) is 56.9 Å². The first-order valence-electron chi connectivity index (χ1n) is 10.4. The van der Waals surface area contributed by atoms with E-state index in [4.69, 9.17) is 11.6 Å². The molecule has 1 aliphatic heterocycles. The second-order valence-electron chi connectivity index (χ2n) is 7.27. The molecule has 1 saturated heterocycles. The molecule has 8 heteroatoms. The van der Waals surface area contributed by atoms with Crippen molar-refractivity contribution in [3.63, 3.8) is 0 Å². The highest BCUT2D eigenvalue weighted by Crippen LogP contribution is 2.13. The van der Waals surface area contributed by atoms with E-state index in [0.717, 1.165) is 11.5 Å². The summed E-state index contributed by atoms with van der Waals surface area (Å²) in [5.74, 6) is 0.786. The van der Waals surface area contributed by atoms with E-state index in [-0.39, 0.29) is 11.8 Å². The van der Waals surface area contributed by atoms with Gasteiger partial charge in [0.05, 0.1) is 6.42 Å². The van der Waals surface area contributed by atoms with Gasteiger partial charge in [0.25, 0.3) is 5.91 Å². The number of nitrogens with one attached hydrogen (secondary N) is 2. The van der Waals surface area contributed by atoms with Gasteiger partial charge >= 0.3 is 0 Å². The van der Waals surface area contributed by atoms with Crippen LogP contribution in [0, 0.1) is 0 Å². The van der Waals surface area contributed by atoms with Gasteiger partial charge in [0.15, 0.2) is 5.96 Å². The van der Waals surface area contributed by atoms with Gasteiger partial charge in [-0.1, -0.05) is 41.9 Å². The van der Waals surface area contributed by atoms with Crippen molar-refractivity contribution in [2.24, 2.45) is 4.99 Å². The Morgan fingerprint density at radius 3 is 2.29 bits per heavy atom. The monoisotopic (exact) mass is 441 g/mol. The summed E-state index contributed by atoms with van der Waals surface area (Å²) in [4.78, 5) is 33.0. The lowest BCUT2D eigenvalue weighted by molar-refractivity contribution is -0.131. The molecule has 164 valence electrons. The number of hydrogen-bond donors (Lipinski definition) is 2. The lowest BCUT2D eigenvalue weighted by Gasteiger charge is -2.36. The number of aliphatic imine (C=N–C) groups is 1. The zero-order valence-electron chi connectivity index (χ0n) is 17.7. The van der Waals surface area contributed by atoms with Crippen LogP contribution in [0.3, 0.4) is 0 Å². The summed E-state index contributed by atoms with van der Waals surface area (Å²) < 4.78 is 0. The normalized spacial score (nSPS) is 14.3. The number of piperazine rings is 1. The number of benzene rings is 2. The van der Waals surface area contributed by atoms with Crippen LogP contribution in [0.1, 0.15) is 15.9 Å². The van der Waals surface area contributed by atoms with Gasteiger partial charge < -0.3 is 20.4 Å². The Hall–Kier alpha value is -3.06. The Bertz CT molecular complexity index is 911. The fourth-order valence-corrected chi connectivity index (χ4v) is 3.69. The molecule has 1 fully saturated rings. The van der Waals surface area contributed by atoms with Crippen LogP contribution < -0.4 is 10.6 Å². The molecule has 0 saturated carbocycles. The Labute approximate surface area is 188 Å². The summed E-state index contributed by atoms with van der Waals surface area (Å²) in [6.45, 7) is 3.76. The van der Waals surface area contributed by atoms with E-state index in [1.807, 2.05) is 41.3 Å². The van der Waals surface area contributed by atoms with Crippen molar-refractivity contribution in [3.05, 3.63) is 70.7 Å². The Morgan fingerprint density at radius 2 is 1.61 bits per heavy atom. The molecule has 2 N–H and O–H groups in total. The van der Waals surface area contributed by atoms with Crippen LogP contribution in [0.2, 0.25) is 5.02 Å². The lowest BCUT2D eigenvalue weighted by atomic mass is 10.1. The average molecular weight is 442 g/mol. The SMILES string of the molecule is CN=C(NCCNC(=O)c1ccccc1)N1CCN(C(=O)Cc2cccc(Cl)c2)CC1. The van der Waals surface area contributed by atoms with E-state index in [9.17, 15) is 9.59 Å². The summed E-state index contributed by atoms with van der Waals surface area (Å²) in [6.07, 6.45) is 0.356. The van der Waals surface area contributed by atoms with Gasteiger partial charge in [-0.15, -0.1) is 0 Å². The molecule has 3 rings (SSSR count). The summed E-state index contributed by atoms with van der Waals surface area (Å²) in [7, 11) is 1.74. The molecular weight excluding hydrogens is 414 g/mol. The third-order valence-corrected chi connectivity index (χ3v) is 5.35. The minimum Gasteiger partial charge on any atom is -0.354 e. The molecular formula is C23H28ClN5O2. The third kappa shape index (κ3) is 6.72. The molecule has 0 bridgehead atoms. The molecule has 0 unspecified atom stereocenters. The van der Waals surface area contributed by atoms with Gasteiger partial charge in [-0.05, 0) is 29.8 Å². The fraction of sp³-hybridized carbons (Fsp3) is 0.348. The minimum absolute atomic E-state index is 0.0933. The van der Waals surface area contributed by atoms with Gasteiger partial charge in [-0.3, -0.25) is 14.6 Å². The summed E-state index contributed by atoms with van der Waals surface area (Å²) >= 11 is 6.01. The van der Waals surface area contributed by atoms with Crippen molar-refractivity contribution < 1.29 is 9.59 Å². The third-order valence-electron chi connectivity index (χ3n) is 5.12. The molecule has 1 aliphatic rings. The number of carbonyl (C=O) groups excluding carboxylic acids is 2. The van der Waals surface area contributed by atoms with Crippen molar-refractivity contribution in [2.45, 2.75) is 6.42 Å². The predicted octanol–water partition coefficient (Wildman–Crippen LogP) is 2.03. The van der Waals surface area contributed by atoms with E-state index in [1.54, 1.807) is 25.2 Å². The van der Waals surface area contributed by atoms with E-state index < -0.39 is 0 Å². The maximum Gasteiger partial charge on any atom is 0.251 e. The van der Waals surface area contributed by atoms with Crippen molar-refractivity contribution in [1.29, 1.82) is 0 Å². The number of nitrogens with zero attached hydrogens (tertiary/aromatic N) is 3. The van der Waals surface area contributed by atoms with Gasteiger partial charge in [0.2, 0.25) is 5.91 Å². The number of amides is 2. The summed E-state index contributed by atoms with van der Waals surface area (Å²) in [5, 5.41) is 6.82. The quantitative estimate of drug-likeness (QED) is 0.408. The first kappa shape index (κ1) is 22.6. The van der Waals surface area contributed by atoms with E-state index in [1.165, 1.54) is 0 Å². The largest absolute Gasteiger partial charge is 0.354 e. The van der Waals surface area contributed by atoms with Crippen LogP contribution >= 0.6 is 11.6 Å². The van der Waals surface area contributed by atoms with E-state index in [2.05, 4.69) is 20.5 Å². The van der Waals surface area contributed by atoms with Crippen LogP contribution in [-0.2, 0) is 11.2 Å². The highest BCUT2D eigenvalue weighted by atomic mass is 35.5. The topological polar surface area (TPSA) is 77.0 Å². The summed E-state index contributed by atoms with van der Waals surface area (Å²) in [5.41, 5.74) is 1.57. The Balaban J connectivity index is 1.39. The number of guanidine groups is 1. The maximum atomic E-state index is 12.6. The smallest absolute Gasteiger partial charge is 0.251 e. The molecule has 7 nitrogen and oxygen atoms in total. The van der Waals surface area contributed by atoms with Crippen molar-refractivity contribution in [1.82, 2.24) is 20.4 Å². The molecule has 2 amide bonds. The lowest BCUT2D eigenvalue weighted by Crippen LogP contribution is -2.54. The molecule has 0 aromatic heterocycles. The van der Waals surface area contributed by atoms with Crippen molar-refractivity contribution >= 4 is 29.4 Å². The Morgan fingerprint density at radius 1 is 0.935 bits per heavy atom. The molecule has 2 aromatic rings.